The molecule has 1 aliphatic carbocycles. The van der Waals surface area contributed by atoms with Crippen LogP contribution < -0.4 is 0 Å². The Morgan fingerprint density at radius 1 is 1.36 bits per heavy atom. The average molecular weight is 198 g/mol. The van der Waals surface area contributed by atoms with Gasteiger partial charge < -0.3 is 14.2 Å². The van der Waals surface area contributed by atoms with Crippen LogP contribution in [-0.2, 0) is 14.2 Å². The van der Waals surface area contributed by atoms with Gasteiger partial charge in [-0.25, -0.2) is 0 Å². The summed E-state index contributed by atoms with van der Waals surface area (Å²) in [6.07, 6.45) is 3.22. The molecule has 0 unspecified atom stereocenters. The molecule has 0 N–H and O–H groups in total. The van der Waals surface area contributed by atoms with E-state index >= 15 is 0 Å². The maximum Gasteiger partial charge on any atom is 0.163 e. The van der Waals surface area contributed by atoms with E-state index in [1.165, 1.54) is 0 Å². The molecule has 3 heteroatoms. The van der Waals surface area contributed by atoms with Crippen molar-refractivity contribution in [1.82, 2.24) is 0 Å². The summed E-state index contributed by atoms with van der Waals surface area (Å²) >= 11 is 0. The van der Waals surface area contributed by atoms with Gasteiger partial charge >= 0.3 is 0 Å². The van der Waals surface area contributed by atoms with E-state index in [4.69, 9.17) is 14.2 Å². The fraction of sp³-hybridized carbons (Fsp3) is 0.818. The lowest BCUT2D eigenvalue weighted by Gasteiger charge is -2.21. The number of hydrogen-bond donors (Lipinski definition) is 0. The fourth-order valence-corrected chi connectivity index (χ4v) is 2.43. The lowest BCUT2D eigenvalue weighted by Crippen LogP contribution is -2.29. The van der Waals surface area contributed by atoms with E-state index in [2.05, 4.69) is 6.58 Å². The highest BCUT2D eigenvalue weighted by Gasteiger charge is 2.53. The van der Waals surface area contributed by atoms with Crippen LogP contribution in [0.5, 0.6) is 0 Å². The van der Waals surface area contributed by atoms with Gasteiger partial charge in [-0.1, -0.05) is 6.08 Å². The first-order valence-electron chi connectivity index (χ1n) is 5.08. The molecule has 14 heavy (non-hydrogen) atoms. The van der Waals surface area contributed by atoms with E-state index < -0.39 is 5.79 Å². The molecule has 1 heterocycles. The van der Waals surface area contributed by atoms with Gasteiger partial charge in [-0.05, 0) is 20.3 Å². The van der Waals surface area contributed by atoms with Crippen molar-refractivity contribution in [1.29, 1.82) is 0 Å². The summed E-state index contributed by atoms with van der Waals surface area (Å²) in [5.41, 5.74) is 0. The van der Waals surface area contributed by atoms with E-state index in [0.717, 1.165) is 6.42 Å². The molecule has 0 amide bonds. The number of methoxy groups -OCH3 is 1. The van der Waals surface area contributed by atoms with Crippen molar-refractivity contribution in [3.8, 4) is 0 Å². The fourth-order valence-electron chi connectivity index (χ4n) is 2.43. The normalized spacial score (nSPS) is 45.1. The van der Waals surface area contributed by atoms with Gasteiger partial charge in [0.1, 0.15) is 6.10 Å². The van der Waals surface area contributed by atoms with Crippen molar-refractivity contribution in [2.45, 2.75) is 44.4 Å². The molecular weight excluding hydrogens is 180 g/mol. The van der Waals surface area contributed by atoms with Crippen LogP contribution in [0.2, 0.25) is 0 Å². The quantitative estimate of drug-likeness (QED) is 0.632. The summed E-state index contributed by atoms with van der Waals surface area (Å²) in [5.74, 6) is -0.125. The zero-order valence-corrected chi connectivity index (χ0v) is 9.03. The Balaban J connectivity index is 2.16. The molecule has 80 valence electrons. The standard InChI is InChI=1S/C11H18O3/c1-5-7-6-8(12-4)10-9(7)13-11(2,3)14-10/h5,7-10H,1,6H2,2-4H3/t7-,8+,9+,10-/m0/s1. The Labute approximate surface area is 85.0 Å². The minimum Gasteiger partial charge on any atom is -0.379 e. The van der Waals surface area contributed by atoms with Gasteiger partial charge in [0.25, 0.3) is 0 Å². The Kier molecular flexibility index (Phi) is 2.41. The summed E-state index contributed by atoms with van der Waals surface area (Å²) < 4.78 is 17.0. The maximum absolute atomic E-state index is 5.83. The van der Waals surface area contributed by atoms with Crippen molar-refractivity contribution >= 4 is 0 Å². The van der Waals surface area contributed by atoms with Gasteiger partial charge in [-0.2, -0.15) is 0 Å². The molecule has 0 aromatic rings. The van der Waals surface area contributed by atoms with Crippen LogP contribution in [0, 0.1) is 5.92 Å². The second-order valence-corrected chi connectivity index (χ2v) is 4.47. The molecule has 0 spiro atoms. The minimum absolute atomic E-state index is 0.0676. The molecule has 2 rings (SSSR count). The van der Waals surface area contributed by atoms with Gasteiger partial charge in [-0.3, -0.25) is 0 Å². The Bertz CT molecular complexity index is 237. The largest absolute Gasteiger partial charge is 0.379 e. The molecule has 4 atom stereocenters. The van der Waals surface area contributed by atoms with Crippen LogP contribution in [0.25, 0.3) is 0 Å². The Morgan fingerprint density at radius 2 is 2.00 bits per heavy atom. The van der Waals surface area contributed by atoms with Crippen LogP contribution in [0.4, 0.5) is 0 Å². The highest BCUT2D eigenvalue weighted by molar-refractivity contribution is 5.04. The van der Waals surface area contributed by atoms with Crippen molar-refractivity contribution in [2.24, 2.45) is 5.92 Å². The smallest absolute Gasteiger partial charge is 0.163 e. The zero-order chi connectivity index (χ0) is 10.3. The summed E-state index contributed by atoms with van der Waals surface area (Å²) in [6, 6.07) is 0. The molecule has 0 radical (unpaired) electrons. The first kappa shape index (κ1) is 10.1. The van der Waals surface area contributed by atoms with E-state index in [-0.39, 0.29) is 18.3 Å². The van der Waals surface area contributed by atoms with E-state index in [1.807, 2.05) is 19.9 Å². The van der Waals surface area contributed by atoms with Gasteiger partial charge in [0.2, 0.25) is 0 Å². The molecule has 1 saturated heterocycles. The second kappa shape index (κ2) is 3.33. The highest BCUT2D eigenvalue weighted by atomic mass is 16.8. The van der Waals surface area contributed by atoms with Crippen LogP contribution in [0.15, 0.2) is 12.7 Å². The van der Waals surface area contributed by atoms with Crippen molar-refractivity contribution in [3.63, 3.8) is 0 Å². The van der Waals surface area contributed by atoms with Crippen LogP contribution in [-0.4, -0.2) is 31.2 Å². The van der Waals surface area contributed by atoms with Crippen molar-refractivity contribution in [2.75, 3.05) is 7.11 Å². The Morgan fingerprint density at radius 3 is 2.57 bits per heavy atom. The minimum atomic E-state index is -0.478. The molecule has 2 fully saturated rings. The highest BCUT2D eigenvalue weighted by Crippen LogP contribution is 2.42. The van der Waals surface area contributed by atoms with Gasteiger partial charge in [0, 0.05) is 13.0 Å². The third-order valence-electron chi connectivity index (χ3n) is 3.06. The van der Waals surface area contributed by atoms with Gasteiger partial charge in [-0.15, -0.1) is 6.58 Å². The average Bonchev–Trinajstić information content (AvgIpc) is 2.57. The molecule has 2 aliphatic rings. The zero-order valence-electron chi connectivity index (χ0n) is 9.03. The van der Waals surface area contributed by atoms with Crippen LogP contribution in [0.1, 0.15) is 20.3 Å². The Hall–Kier alpha value is -0.380. The van der Waals surface area contributed by atoms with Crippen molar-refractivity contribution in [3.05, 3.63) is 12.7 Å². The molecule has 0 bridgehead atoms. The monoisotopic (exact) mass is 198 g/mol. The predicted octanol–water partition coefficient (Wildman–Crippen LogP) is 1.73. The molecule has 0 aromatic carbocycles. The van der Waals surface area contributed by atoms with E-state index in [9.17, 15) is 0 Å². The predicted molar refractivity (Wildman–Crippen MR) is 52.9 cm³/mol. The number of rotatable bonds is 2. The summed E-state index contributed by atoms with van der Waals surface area (Å²) in [4.78, 5) is 0. The number of fused-ring (bicyclic) bond motifs is 1. The topological polar surface area (TPSA) is 27.7 Å². The van der Waals surface area contributed by atoms with Crippen molar-refractivity contribution < 1.29 is 14.2 Å². The summed E-state index contributed by atoms with van der Waals surface area (Å²) in [6.45, 7) is 7.71. The second-order valence-electron chi connectivity index (χ2n) is 4.47. The lowest BCUT2D eigenvalue weighted by atomic mass is 10.1. The molecule has 0 aromatic heterocycles. The lowest BCUT2D eigenvalue weighted by molar-refractivity contribution is -0.167. The molecule has 3 nitrogen and oxygen atoms in total. The third-order valence-corrected chi connectivity index (χ3v) is 3.06. The maximum atomic E-state index is 5.83. The molecule has 1 saturated carbocycles. The molecular formula is C11H18O3. The first-order chi connectivity index (χ1) is 6.57. The van der Waals surface area contributed by atoms with Crippen LogP contribution in [0.3, 0.4) is 0 Å². The third kappa shape index (κ3) is 1.49. The first-order valence-corrected chi connectivity index (χ1v) is 5.08. The van der Waals surface area contributed by atoms with E-state index in [1.54, 1.807) is 7.11 Å². The summed E-state index contributed by atoms with van der Waals surface area (Å²) in [7, 11) is 1.72. The summed E-state index contributed by atoms with van der Waals surface area (Å²) in [5, 5.41) is 0. The number of hydrogen-bond acceptors (Lipinski definition) is 3. The number of ether oxygens (including phenoxy) is 3. The van der Waals surface area contributed by atoms with Gasteiger partial charge in [0.15, 0.2) is 5.79 Å². The SMILES string of the molecule is C=C[C@H]1C[C@@H](OC)[C@@H]2OC(C)(C)O[C@@H]21. The molecule has 1 aliphatic heterocycles. The van der Waals surface area contributed by atoms with Crippen LogP contribution >= 0.6 is 0 Å². The van der Waals surface area contributed by atoms with E-state index in [0.29, 0.717) is 5.92 Å². The van der Waals surface area contributed by atoms with Gasteiger partial charge in [0.05, 0.1) is 12.2 Å².